The highest BCUT2D eigenvalue weighted by atomic mass is 35.5. The number of nitrogens with two attached hydrogens (primary N) is 1. The number of ether oxygens (including phenoxy) is 1. The number of fused-ring (bicyclic) bond motifs is 3. The zero-order valence-corrected chi connectivity index (χ0v) is 14.6. The molecular formula is C16H16ClF2N3O3. The summed E-state index contributed by atoms with van der Waals surface area (Å²) in [6.07, 6.45) is 0. The van der Waals surface area contributed by atoms with Crippen LogP contribution in [0, 0.1) is 11.6 Å². The van der Waals surface area contributed by atoms with Gasteiger partial charge < -0.3 is 20.4 Å². The smallest absolute Gasteiger partial charge is 0.345 e. The van der Waals surface area contributed by atoms with Crippen LogP contribution in [0.4, 0.5) is 20.3 Å². The number of nitrogens with one attached hydrogen (secondary N) is 1. The average molecular weight is 372 g/mol. The summed E-state index contributed by atoms with van der Waals surface area (Å²) in [6, 6.07) is 0. The van der Waals surface area contributed by atoms with Crippen LogP contribution >= 0.6 is 11.6 Å². The zero-order chi connectivity index (χ0) is 18.7. The van der Waals surface area contributed by atoms with Crippen LogP contribution < -0.4 is 16.5 Å². The number of esters is 1. The van der Waals surface area contributed by atoms with Crippen LogP contribution in [0.2, 0.25) is 5.02 Å². The van der Waals surface area contributed by atoms with Gasteiger partial charge in [0.1, 0.15) is 16.4 Å². The number of halogens is 3. The number of aromatic nitrogens is 1. The van der Waals surface area contributed by atoms with Gasteiger partial charge in [0, 0.05) is 6.54 Å². The summed E-state index contributed by atoms with van der Waals surface area (Å²) in [5.74, 6) is -3.49. The maximum absolute atomic E-state index is 14.1. The Bertz CT molecular complexity index is 985. The molecule has 3 rings (SSSR count). The number of carbonyl (C=O) groups is 1. The van der Waals surface area contributed by atoms with Gasteiger partial charge >= 0.3 is 5.97 Å². The summed E-state index contributed by atoms with van der Waals surface area (Å²) in [6.45, 7) is 5.57. The van der Waals surface area contributed by atoms with Gasteiger partial charge in [0.25, 0.3) is 0 Å². The van der Waals surface area contributed by atoms with E-state index >= 15 is 0 Å². The molecule has 25 heavy (non-hydrogen) atoms. The lowest BCUT2D eigenvalue weighted by Crippen LogP contribution is -2.29. The van der Waals surface area contributed by atoms with Crippen LogP contribution in [0.25, 0.3) is 10.9 Å². The molecule has 0 amide bonds. The minimum absolute atomic E-state index is 0.0488. The highest BCUT2D eigenvalue weighted by molar-refractivity contribution is 6.36. The van der Waals surface area contributed by atoms with Crippen molar-refractivity contribution in [3.05, 3.63) is 32.4 Å². The normalized spacial score (nSPS) is 15.1. The van der Waals surface area contributed by atoms with E-state index in [0.29, 0.717) is 6.54 Å². The highest BCUT2D eigenvalue weighted by Crippen LogP contribution is 2.40. The fourth-order valence-corrected chi connectivity index (χ4v) is 3.37. The SMILES string of the molecule is CCOC(=O)c1c2n(c3c(Cl)c(F)c(F)c(N)c3c1=O)C(C)(C)CN2. The number of carbonyl (C=O) groups excluding carboxylic acids is 1. The van der Waals surface area contributed by atoms with Gasteiger partial charge in [0.05, 0.1) is 28.7 Å². The van der Waals surface area contributed by atoms with Gasteiger partial charge in [0.2, 0.25) is 5.43 Å². The van der Waals surface area contributed by atoms with Gasteiger partial charge in [-0.1, -0.05) is 11.6 Å². The van der Waals surface area contributed by atoms with Gasteiger partial charge in [-0.15, -0.1) is 0 Å². The molecule has 0 saturated heterocycles. The number of pyridine rings is 1. The molecule has 0 atom stereocenters. The molecule has 0 fully saturated rings. The van der Waals surface area contributed by atoms with Gasteiger partial charge in [-0.3, -0.25) is 4.79 Å². The third kappa shape index (κ3) is 2.27. The molecule has 9 heteroatoms. The third-order valence-corrected chi connectivity index (χ3v) is 4.59. The van der Waals surface area contributed by atoms with Crippen molar-refractivity contribution in [3.8, 4) is 0 Å². The van der Waals surface area contributed by atoms with Gasteiger partial charge in [0.15, 0.2) is 11.6 Å². The molecule has 0 aliphatic carbocycles. The molecule has 2 heterocycles. The van der Waals surface area contributed by atoms with Crippen molar-refractivity contribution >= 4 is 40.0 Å². The zero-order valence-electron chi connectivity index (χ0n) is 13.8. The lowest BCUT2D eigenvalue weighted by Gasteiger charge is -2.25. The number of nitrogen functional groups attached to an aromatic ring is 1. The number of hydrogen-bond donors (Lipinski definition) is 2. The Morgan fingerprint density at radius 2 is 2.04 bits per heavy atom. The quantitative estimate of drug-likeness (QED) is 0.481. The molecule has 0 unspecified atom stereocenters. The van der Waals surface area contributed by atoms with E-state index in [-0.39, 0.29) is 28.9 Å². The molecule has 0 spiro atoms. The maximum atomic E-state index is 14.1. The Labute approximate surface area is 146 Å². The Kier molecular flexibility index (Phi) is 3.90. The van der Waals surface area contributed by atoms with E-state index in [2.05, 4.69) is 5.32 Å². The van der Waals surface area contributed by atoms with E-state index in [0.717, 1.165) is 0 Å². The fourth-order valence-electron chi connectivity index (χ4n) is 3.11. The third-order valence-electron chi connectivity index (χ3n) is 4.25. The van der Waals surface area contributed by atoms with Gasteiger partial charge in [-0.05, 0) is 20.8 Å². The Balaban J connectivity index is 2.61. The second kappa shape index (κ2) is 5.59. The first kappa shape index (κ1) is 17.5. The van der Waals surface area contributed by atoms with E-state index in [1.54, 1.807) is 20.8 Å². The molecule has 0 saturated carbocycles. The van der Waals surface area contributed by atoms with Crippen LogP contribution in [0.15, 0.2) is 4.79 Å². The van der Waals surface area contributed by atoms with Crippen molar-refractivity contribution < 1.29 is 18.3 Å². The summed E-state index contributed by atoms with van der Waals surface area (Å²) in [5.41, 5.74) is 3.06. The van der Waals surface area contributed by atoms with Gasteiger partial charge in [-0.2, -0.15) is 0 Å². The van der Waals surface area contributed by atoms with Crippen LogP contribution in [0.5, 0.6) is 0 Å². The molecule has 6 nitrogen and oxygen atoms in total. The lowest BCUT2D eigenvalue weighted by molar-refractivity contribution is 0.0525. The summed E-state index contributed by atoms with van der Waals surface area (Å²) in [4.78, 5) is 25.2. The van der Waals surface area contributed by atoms with E-state index in [4.69, 9.17) is 22.1 Å². The van der Waals surface area contributed by atoms with Crippen molar-refractivity contribution in [1.29, 1.82) is 0 Å². The number of benzene rings is 1. The predicted molar refractivity (Wildman–Crippen MR) is 91.3 cm³/mol. The van der Waals surface area contributed by atoms with Crippen molar-refractivity contribution in [2.45, 2.75) is 26.3 Å². The summed E-state index contributed by atoms with van der Waals surface area (Å²) in [5, 5.41) is 2.06. The predicted octanol–water partition coefficient (Wildman–Crippen LogP) is 2.85. The molecule has 1 aliphatic rings. The van der Waals surface area contributed by atoms with Crippen LogP contribution in [-0.4, -0.2) is 23.7 Å². The van der Waals surface area contributed by atoms with Crippen molar-refractivity contribution in [2.75, 3.05) is 24.2 Å². The standard InChI is InChI=1S/C16H16ClF2N3O3/c1-4-25-15(24)7-13(23)6-11(20)10(19)9(18)8(17)12(6)22-14(7)21-5-16(22,2)3/h21H,4-5,20H2,1-3H3. The molecule has 1 aromatic heterocycles. The van der Waals surface area contributed by atoms with Gasteiger partial charge in [-0.25, -0.2) is 13.6 Å². The summed E-state index contributed by atoms with van der Waals surface area (Å²) >= 11 is 6.01. The van der Waals surface area contributed by atoms with Crippen molar-refractivity contribution in [3.63, 3.8) is 0 Å². The lowest BCUT2D eigenvalue weighted by atomic mass is 10.0. The second-order valence-electron chi connectivity index (χ2n) is 6.35. The molecule has 0 bridgehead atoms. The molecule has 3 N–H and O–H groups in total. The molecular weight excluding hydrogens is 356 g/mol. The van der Waals surface area contributed by atoms with Crippen molar-refractivity contribution in [1.82, 2.24) is 4.57 Å². The summed E-state index contributed by atoms with van der Waals surface area (Å²) in [7, 11) is 0. The maximum Gasteiger partial charge on any atom is 0.345 e. The molecule has 2 aromatic rings. The Morgan fingerprint density at radius 3 is 2.64 bits per heavy atom. The van der Waals surface area contributed by atoms with E-state index in [9.17, 15) is 18.4 Å². The first-order valence-corrected chi connectivity index (χ1v) is 7.97. The number of hydrogen-bond acceptors (Lipinski definition) is 5. The topological polar surface area (TPSA) is 86.3 Å². The number of nitrogens with zero attached hydrogens (tertiary/aromatic N) is 1. The molecule has 1 aromatic carbocycles. The van der Waals surface area contributed by atoms with Crippen LogP contribution in [0.1, 0.15) is 31.1 Å². The van der Waals surface area contributed by atoms with Crippen molar-refractivity contribution in [2.24, 2.45) is 0 Å². The molecule has 134 valence electrons. The average Bonchev–Trinajstić information content (AvgIpc) is 2.85. The Hall–Kier alpha value is -2.35. The van der Waals surface area contributed by atoms with Crippen LogP contribution in [-0.2, 0) is 10.3 Å². The molecule has 0 radical (unpaired) electrons. The minimum Gasteiger partial charge on any atom is -0.462 e. The Morgan fingerprint density at radius 1 is 1.40 bits per heavy atom. The highest BCUT2D eigenvalue weighted by Gasteiger charge is 2.38. The first-order chi connectivity index (χ1) is 11.6. The number of rotatable bonds is 2. The largest absolute Gasteiger partial charge is 0.462 e. The monoisotopic (exact) mass is 371 g/mol. The van der Waals surface area contributed by atoms with Crippen LogP contribution in [0.3, 0.4) is 0 Å². The number of anilines is 2. The second-order valence-corrected chi connectivity index (χ2v) is 6.73. The fraction of sp³-hybridized carbons (Fsp3) is 0.375. The minimum atomic E-state index is -1.42. The van der Waals surface area contributed by atoms with E-state index in [1.165, 1.54) is 4.57 Å². The van der Waals surface area contributed by atoms with E-state index < -0.39 is 39.3 Å². The molecule has 1 aliphatic heterocycles. The van der Waals surface area contributed by atoms with E-state index in [1.807, 2.05) is 0 Å². The summed E-state index contributed by atoms with van der Waals surface area (Å²) < 4.78 is 34.6. The first-order valence-electron chi connectivity index (χ1n) is 7.59.